The van der Waals surface area contributed by atoms with Crippen LogP contribution in [0.15, 0.2) is 48.9 Å². The third-order valence-electron chi connectivity index (χ3n) is 5.10. The van der Waals surface area contributed by atoms with E-state index >= 15 is 0 Å². The fourth-order valence-electron chi connectivity index (χ4n) is 3.71. The van der Waals surface area contributed by atoms with Crippen LogP contribution in [-0.2, 0) is 6.54 Å². The Morgan fingerprint density at radius 1 is 1.12 bits per heavy atom. The van der Waals surface area contributed by atoms with Crippen molar-refractivity contribution in [2.75, 3.05) is 26.2 Å². The molecule has 1 aliphatic heterocycles. The lowest BCUT2D eigenvalue weighted by Gasteiger charge is -2.31. The van der Waals surface area contributed by atoms with Gasteiger partial charge in [-0.05, 0) is 37.4 Å². The molecule has 0 radical (unpaired) electrons. The lowest BCUT2D eigenvalue weighted by Crippen LogP contribution is -2.38. The average Bonchev–Trinajstić information content (AvgIpc) is 3.15. The van der Waals surface area contributed by atoms with Gasteiger partial charge < -0.3 is 14.6 Å². The van der Waals surface area contributed by atoms with Gasteiger partial charge in [0.15, 0.2) is 0 Å². The summed E-state index contributed by atoms with van der Waals surface area (Å²) in [5.41, 5.74) is 2.10. The molecular formula is C20H24N4O. The first kappa shape index (κ1) is 16.2. The summed E-state index contributed by atoms with van der Waals surface area (Å²) in [7, 11) is 0. The second-order valence-electron chi connectivity index (χ2n) is 6.85. The summed E-state index contributed by atoms with van der Waals surface area (Å²) in [6.07, 6.45) is 8.06. The van der Waals surface area contributed by atoms with Crippen LogP contribution in [0.1, 0.15) is 12.8 Å². The van der Waals surface area contributed by atoms with E-state index in [1.165, 1.54) is 6.42 Å². The first-order chi connectivity index (χ1) is 12.3. The van der Waals surface area contributed by atoms with E-state index in [4.69, 9.17) is 0 Å². The molecule has 3 aromatic rings. The Labute approximate surface area is 147 Å². The zero-order valence-corrected chi connectivity index (χ0v) is 14.4. The molecule has 0 saturated carbocycles. The van der Waals surface area contributed by atoms with Crippen molar-refractivity contribution in [2.24, 2.45) is 5.92 Å². The molecule has 25 heavy (non-hydrogen) atoms. The minimum absolute atomic E-state index is 0.302. The number of likely N-dealkylation sites (tertiary alicyclic amines) is 1. The molecule has 0 amide bonds. The number of aliphatic hydroxyl groups excluding tert-OH is 1. The van der Waals surface area contributed by atoms with Crippen molar-refractivity contribution >= 4 is 10.9 Å². The van der Waals surface area contributed by atoms with Crippen molar-refractivity contribution in [3.8, 4) is 11.4 Å². The van der Waals surface area contributed by atoms with Gasteiger partial charge in [0.2, 0.25) is 0 Å². The highest BCUT2D eigenvalue weighted by atomic mass is 16.3. The summed E-state index contributed by atoms with van der Waals surface area (Å²) in [6, 6.07) is 10.4. The van der Waals surface area contributed by atoms with Crippen molar-refractivity contribution in [3.63, 3.8) is 0 Å². The van der Waals surface area contributed by atoms with E-state index < -0.39 is 0 Å². The molecule has 1 aliphatic rings. The maximum Gasteiger partial charge on any atom is 0.140 e. The van der Waals surface area contributed by atoms with Crippen molar-refractivity contribution in [1.29, 1.82) is 0 Å². The van der Waals surface area contributed by atoms with Gasteiger partial charge in [-0.25, -0.2) is 4.98 Å². The van der Waals surface area contributed by atoms with Crippen LogP contribution < -0.4 is 0 Å². The second kappa shape index (κ2) is 7.33. The van der Waals surface area contributed by atoms with Crippen LogP contribution in [-0.4, -0.2) is 50.8 Å². The SMILES string of the molecule is OCC1CCCN(CCn2ccnc2-c2ccc3cccnc3c2)C1. The molecule has 5 nitrogen and oxygen atoms in total. The molecular weight excluding hydrogens is 312 g/mol. The first-order valence-corrected chi connectivity index (χ1v) is 9.03. The molecule has 0 spiro atoms. The normalized spacial score (nSPS) is 18.7. The van der Waals surface area contributed by atoms with Crippen molar-refractivity contribution in [3.05, 3.63) is 48.9 Å². The minimum atomic E-state index is 0.302. The Hall–Kier alpha value is -2.24. The summed E-state index contributed by atoms with van der Waals surface area (Å²) < 4.78 is 2.21. The van der Waals surface area contributed by atoms with E-state index in [9.17, 15) is 5.11 Å². The Bertz CT molecular complexity index is 844. The maximum absolute atomic E-state index is 9.39. The predicted octanol–water partition coefficient (Wildman–Crippen LogP) is 2.80. The lowest BCUT2D eigenvalue weighted by atomic mass is 9.99. The minimum Gasteiger partial charge on any atom is -0.396 e. The Kier molecular flexibility index (Phi) is 4.76. The zero-order chi connectivity index (χ0) is 17.1. The fourth-order valence-corrected chi connectivity index (χ4v) is 3.71. The van der Waals surface area contributed by atoms with Gasteiger partial charge in [0.25, 0.3) is 0 Å². The van der Waals surface area contributed by atoms with Gasteiger partial charge in [0.05, 0.1) is 5.52 Å². The van der Waals surface area contributed by atoms with Crippen LogP contribution in [0.2, 0.25) is 0 Å². The lowest BCUT2D eigenvalue weighted by molar-refractivity contribution is 0.118. The molecule has 0 bridgehead atoms. The molecule has 5 heteroatoms. The number of aliphatic hydroxyl groups is 1. The Morgan fingerprint density at radius 2 is 2.08 bits per heavy atom. The molecule has 1 saturated heterocycles. The number of pyridine rings is 1. The molecule has 3 heterocycles. The molecule has 1 atom stereocenters. The van der Waals surface area contributed by atoms with E-state index in [2.05, 4.69) is 43.7 Å². The Balaban J connectivity index is 1.50. The second-order valence-corrected chi connectivity index (χ2v) is 6.85. The number of rotatable bonds is 5. The number of hydrogen-bond acceptors (Lipinski definition) is 4. The van der Waals surface area contributed by atoms with Crippen molar-refractivity contribution in [1.82, 2.24) is 19.4 Å². The quantitative estimate of drug-likeness (QED) is 0.778. The zero-order valence-electron chi connectivity index (χ0n) is 14.4. The van der Waals surface area contributed by atoms with Crippen LogP contribution in [0, 0.1) is 5.92 Å². The van der Waals surface area contributed by atoms with Crippen LogP contribution >= 0.6 is 0 Å². The number of hydrogen-bond donors (Lipinski definition) is 1. The average molecular weight is 336 g/mol. The Morgan fingerprint density at radius 3 is 3.00 bits per heavy atom. The number of piperidine rings is 1. The van der Waals surface area contributed by atoms with E-state index in [1.807, 2.05) is 24.7 Å². The summed E-state index contributed by atoms with van der Waals surface area (Å²) in [5.74, 6) is 1.42. The number of nitrogens with zero attached hydrogens (tertiary/aromatic N) is 4. The highest BCUT2D eigenvalue weighted by molar-refractivity contribution is 5.82. The van der Waals surface area contributed by atoms with Gasteiger partial charge in [-0.3, -0.25) is 4.98 Å². The molecule has 0 aliphatic carbocycles. The van der Waals surface area contributed by atoms with E-state index in [1.54, 1.807) is 0 Å². The maximum atomic E-state index is 9.39. The smallest absolute Gasteiger partial charge is 0.140 e. The molecule has 1 fully saturated rings. The largest absolute Gasteiger partial charge is 0.396 e. The van der Waals surface area contributed by atoms with Crippen molar-refractivity contribution < 1.29 is 5.11 Å². The summed E-state index contributed by atoms with van der Waals surface area (Å²) in [6.45, 7) is 4.33. The third-order valence-corrected chi connectivity index (χ3v) is 5.10. The van der Waals surface area contributed by atoms with Crippen LogP contribution in [0.3, 0.4) is 0 Å². The van der Waals surface area contributed by atoms with Gasteiger partial charge in [0, 0.05) is 55.8 Å². The van der Waals surface area contributed by atoms with Crippen LogP contribution in [0.25, 0.3) is 22.3 Å². The highest BCUT2D eigenvalue weighted by Gasteiger charge is 2.19. The molecule has 1 unspecified atom stereocenters. The predicted molar refractivity (Wildman–Crippen MR) is 99.2 cm³/mol. The third kappa shape index (κ3) is 3.57. The molecule has 1 aromatic carbocycles. The van der Waals surface area contributed by atoms with Gasteiger partial charge in [-0.15, -0.1) is 0 Å². The number of aromatic nitrogens is 3. The van der Waals surface area contributed by atoms with Crippen LogP contribution in [0.5, 0.6) is 0 Å². The topological polar surface area (TPSA) is 54.2 Å². The summed E-state index contributed by atoms with van der Waals surface area (Å²) >= 11 is 0. The molecule has 2 aromatic heterocycles. The van der Waals surface area contributed by atoms with Crippen molar-refractivity contribution in [2.45, 2.75) is 19.4 Å². The van der Waals surface area contributed by atoms with E-state index in [0.29, 0.717) is 12.5 Å². The number of fused-ring (bicyclic) bond motifs is 1. The molecule has 130 valence electrons. The standard InChI is InChI=1S/C20H24N4O/c25-15-16-3-2-9-23(14-16)11-12-24-10-8-22-20(24)18-6-5-17-4-1-7-21-19(17)13-18/h1,4-8,10,13,16,25H,2-3,9,11-12,14-15H2. The molecule has 1 N–H and O–H groups in total. The fraction of sp³-hybridized carbons (Fsp3) is 0.400. The summed E-state index contributed by atoms with van der Waals surface area (Å²) in [5, 5.41) is 10.5. The van der Waals surface area contributed by atoms with Gasteiger partial charge in [-0.2, -0.15) is 0 Å². The van der Waals surface area contributed by atoms with E-state index in [0.717, 1.165) is 54.9 Å². The van der Waals surface area contributed by atoms with E-state index in [-0.39, 0.29) is 0 Å². The van der Waals surface area contributed by atoms with Gasteiger partial charge >= 0.3 is 0 Å². The van der Waals surface area contributed by atoms with Crippen LogP contribution in [0.4, 0.5) is 0 Å². The summed E-state index contributed by atoms with van der Waals surface area (Å²) in [4.78, 5) is 11.5. The number of imidazole rings is 1. The van der Waals surface area contributed by atoms with Gasteiger partial charge in [0.1, 0.15) is 5.82 Å². The number of benzene rings is 1. The molecule has 4 rings (SSSR count). The first-order valence-electron chi connectivity index (χ1n) is 9.03. The highest BCUT2D eigenvalue weighted by Crippen LogP contribution is 2.22. The van der Waals surface area contributed by atoms with Gasteiger partial charge in [-0.1, -0.05) is 18.2 Å². The monoisotopic (exact) mass is 336 g/mol.